The molecule has 3 unspecified atom stereocenters. The highest BCUT2D eigenvalue weighted by molar-refractivity contribution is 5.99. The molecule has 0 aromatic heterocycles. The molecule has 0 aliphatic carbocycles. The summed E-state index contributed by atoms with van der Waals surface area (Å²) >= 11 is 0. The van der Waals surface area contributed by atoms with Crippen LogP contribution in [-0.2, 0) is 19.1 Å². The minimum atomic E-state index is -1.04. The molecule has 2 bridgehead atoms. The Bertz CT molecular complexity index is 713. The summed E-state index contributed by atoms with van der Waals surface area (Å²) in [4.78, 5) is 41.6. The first-order valence-electron chi connectivity index (χ1n) is 11.2. The van der Waals surface area contributed by atoms with Gasteiger partial charge in [0, 0.05) is 13.1 Å². The number of aliphatic hydroxyl groups is 1. The van der Waals surface area contributed by atoms with Crippen LogP contribution >= 0.6 is 0 Å². The lowest BCUT2D eigenvalue weighted by Crippen LogP contribution is -2.59. The van der Waals surface area contributed by atoms with E-state index in [0.717, 1.165) is 12.8 Å². The maximum absolute atomic E-state index is 13.8. The third-order valence-corrected chi connectivity index (χ3v) is 7.42. The summed E-state index contributed by atoms with van der Waals surface area (Å²) in [6, 6.07) is -1.41. The third kappa shape index (κ3) is 3.23. The summed E-state index contributed by atoms with van der Waals surface area (Å²) in [7, 11) is 1.56. The van der Waals surface area contributed by atoms with Crippen molar-refractivity contribution in [3.05, 3.63) is 0 Å². The van der Waals surface area contributed by atoms with Gasteiger partial charge in [-0.25, -0.2) is 0 Å². The summed E-state index contributed by atoms with van der Waals surface area (Å²) < 4.78 is 6.49. The van der Waals surface area contributed by atoms with E-state index in [2.05, 4.69) is 17.6 Å². The largest absolute Gasteiger partial charge is 0.394 e. The van der Waals surface area contributed by atoms with E-state index in [9.17, 15) is 19.5 Å². The molecular formula is C22H37N3O5. The molecule has 30 heavy (non-hydrogen) atoms. The number of rotatable bonds is 8. The van der Waals surface area contributed by atoms with Gasteiger partial charge in [-0.1, -0.05) is 27.2 Å². The molecule has 3 amide bonds. The molecule has 3 heterocycles. The predicted molar refractivity (Wildman–Crippen MR) is 111 cm³/mol. The zero-order valence-electron chi connectivity index (χ0n) is 19.0. The number of nitrogens with zero attached hydrogens (tertiary/aromatic N) is 1. The number of carbonyl (C=O) groups is 3. The van der Waals surface area contributed by atoms with Crippen molar-refractivity contribution in [3.8, 4) is 0 Å². The van der Waals surface area contributed by atoms with Crippen LogP contribution in [0.5, 0.6) is 0 Å². The van der Waals surface area contributed by atoms with Crippen LogP contribution in [0.1, 0.15) is 60.3 Å². The Labute approximate surface area is 179 Å². The highest BCUT2D eigenvalue weighted by Crippen LogP contribution is 2.63. The van der Waals surface area contributed by atoms with Crippen molar-refractivity contribution in [3.63, 3.8) is 0 Å². The van der Waals surface area contributed by atoms with Crippen LogP contribution in [0.3, 0.4) is 0 Å². The number of likely N-dealkylation sites (tertiary alicyclic amines) is 1. The Morgan fingerprint density at radius 2 is 1.93 bits per heavy atom. The fourth-order valence-electron chi connectivity index (χ4n) is 6.02. The maximum atomic E-state index is 13.8. The zero-order valence-corrected chi connectivity index (χ0v) is 19.0. The zero-order chi connectivity index (χ0) is 22.4. The molecule has 3 N–H and O–H groups in total. The van der Waals surface area contributed by atoms with E-state index in [1.807, 2.05) is 27.7 Å². The molecule has 3 fully saturated rings. The molecule has 7 atom stereocenters. The summed E-state index contributed by atoms with van der Waals surface area (Å²) in [5, 5.41) is 15.8. The number of aliphatic hydroxyl groups excluding tert-OH is 1. The number of nitrogens with one attached hydrogen (secondary N) is 2. The second-order valence-corrected chi connectivity index (χ2v) is 9.78. The normalized spacial score (nSPS) is 36.7. The minimum Gasteiger partial charge on any atom is -0.394 e. The number of hydrogen-bond acceptors (Lipinski definition) is 5. The van der Waals surface area contributed by atoms with Gasteiger partial charge in [0.1, 0.15) is 11.6 Å². The third-order valence-electron chi connectivity index (χ3n) is 7.42. The van der Waals surface area contributed by atoms with E-state index in [-0.39, 0.29) is 36.3 Å². The quantitative estimate of drug-likeness (QED) is 0.536. The van der Waals surface area contributed by atoms with Crippen LogP contribution in [0.4, 0.5) is 0 Å². The molecule has 1 spiro atoms. The number of hydrogen-bond donors (Lipinski definition) is 3. The fraction of sp³-hybridized carbons (Fsp3) is 0.864. The van der Waals surface area contributed by atoms with Gasteiger partial charge in [-0.2, -0.15) is 0 Å². The first-order valence-corrected chi connectivity index (χ1v) is 11.2. The van der Waals surface area contributed by atoms with Crippen LogP contribution in [0, 0.1) is 17.8 Å². The summed E-state index contributed by atoms with van der Waals surface area (Å²) in [6.45, 7) is 9.47. The van der Waals surface area contributed by atoms with Gasteiger partial charge < -0.3 is 25.4 Å². The highest BCUT2D eigenvalue weighted by Gasteiger charge is 2.78. The average molecular weight is 424 g/mol. The van der Waals surface area contributed by atoms with E-state index in [4.69, 9.17) is 4.74 Å². The van der Waals surface area contributed by atoms with Gasteiger partial charge in [0.15, 0.2) is 0 Å². The van der Waals surface area contributed by atoms with Crippen LogP contribution in [0.15, 0.2) is 0 Å². The second-order valence-electron chi connectivity index (χ2n) is 9.78. The van der Waals surface area contributed by atoms with Gasteiger partial charge >= 0.3 is 0 Å². The Kier molecular flexibility index (Phi) is 6.22. The van der Waals surface area contributed by atoms with Crippen LogP contribution in [0.25, 0.3) is 0 Å². The van der Waals surface area contributed by atoms with Gasteiger partial charge in [0.25, 0.3) is 0 Å². The molecule has 3 rings (SSSR count). The second kappa shape index (κ2) is 8.11. The van der Waals surface area contributed by atoms with E-state index in [0.29, 0.717) is 12.8 Å². The molecule has 3 aliphatic heterocycles. The topological polar surface area (TPSA) is 108 Å². The Morgan fingerprint density at radius 1 is 1.27 bits per heavy atom. The van der Waals surface area contributed by atoms with E-state index >= 15 is 0 Å². The van der Waals surface area contributed by atoms with Crippen molar-refractivity contribution < 1.29 is 24.2 Å². The van der Waals surface area contributed by atoms with Crippen LogP contribution < -0.4 is 10.6 Å². The smallest absolute Gasteiger partial charge is 0.246 e. The standard InChI is InChI=1S/C22H37N3O5/c1-7-8-13(4)24-19(28)17-22-10-9-21(5,30-22)15(18(27)23-6)16(22)20(29)25(17)14(11-26)12(2)3/h12-17,26H,7-11H2,1-6H3,(H,23,27)(H,24,28)/t13?,14-,15+,16-,17?,21-,22?/m0/s1. The Hall–Kier alpha value is -1.67. The number of amides is 3. The lowest BCUT2D eigenvalue weighted by Gasteiger charge is -2.39. The maximum Gasteiger partial charge on any atom is 0.246 e. The number of carbonyl (C=O) groups excluding carboxylic acids is 3. The van der Waals surface area contributed by atoms with Crippen molar-refractivity contribution >= 4 is 17.7 Å². The van der Waals surface area contributed by atoms with Gasteiger partial charge in [0.2, 0.25) is 17.7 Å². The SMILES string of the molecule is CCCC(C)NC(=O)C1N([C@@H](CO)C(C)C)C(=O)[C@@H]2[C@H](C(=O)NC)[C@]3(C)CCC12O3. The van der Waals surface area contributed by atoms with Crippen molar-refractivity contribution in [2.75, 3.05) is 13.7 Å². The van der Waals surface area contributed by atoms with Crippen molar-refractivity contribution in [1.29, 1.82) is 0 Å². The monoisotopic (exact) mass is 423 g/mol. The van der Waals surface area contributed by atoms with Crippen molar-refractivity contribution in [2.45, 2.75) is 89.6 Å². The first-order chi connectivity index (χ1) is 14.1. The van der Waals surface area contributed by atoms with Gasteiger partial charge in [0.05, 0.1) is 30.1 Å². The van der Waals surface area contributed by atoms with Crippen LogP contribution in [0.2, 0.25) is 0 Å². The lowest BCUT2D eigenvalue weighted by atomic mass is 9.66. The molecule has 0 saturated carbocycles. The summed E-state index contributed by atoms with van der Waals surface area (Å²) in [5.41, 5.74) is -1.81. The molecule has 0 aromatic carbocycles. The van der Waals surface area contributed by atoms with E-state index in [1.165, 1.54) is 4.90 Å². The van der Waals surface area contributed by atoms with Crippen molar-refractivity contribution in [1.82, 2.24) is 15.5 Å². The fourth-order valence-corrected chi connectivity index (χ4v) is 6.02. The molecule has 170 valence electrons. The highest BCUT2D eigenvalue weighted by atomic mass is 16.5. The van der Waals surface area contributed by atoms with Gasteiger partial charge in [-0.05, 0) is 39.0 Å². The average Bonchev–Trinajstić information content (AvgIpc) is 3.23. The Morgan fingerprint density at radius 3 is 2.47 bits per heavy atom. The summed E-state index contributed by atoms with van der Waals surface area (Å²) in [6.07, 6.45) is 2.92. The molecule has 3 saturated heterocycles. The van der Waals surface area contributed by atoms with Gasteiger partial charge in [-0.15, -0.1) is 0 Å². The van der Waals surface area contributed by atoms with Crippen molar-refractivity contribution in [2.24, 2.45) is 17.8 Å². The lowest BCUT2D eigenvalue weighted by molar-refractivity contribution is -0.151. The Balaban J connectivity index is 2.08. The number of ether oxygens (including phenoxy) is 1. The van der Waals surface area contributed by atoms with Crippen LogP contribution in [-0.4, -0.2) is 70.7 Å². The van der Waals surface area contributed by atoms with E-state index in [1.54, 1.807) is 7.05 Å². The predicted octanol–water partition coefficient (Wildman–Crippen LogP) is 0.819. The molecule has 0 radical (unpaired) electrons. The molecular weight excluding hydrogens is 386 g/mol. The van der Waals surface area contributed by atoms with Gasteiger partial charge in [-0.3, -0.25) is 14.4 Å². The first kappa shape index (κ1) is 23.0. The molecule has 3 aliphatic rings. The minimum absolute atomic E-state index is 0.0366. The molecule has 8 heteroatoms. The molecule has 0 aromatic rings. The molecule has 8 nitrogen and oxygen atoms in total. The summed E-state index contributed by atoms with van der Waals surface area (Å²) in [5.74, 6) is -2.17. The number of fused-ring (bicyclic) bond motifs is 1. The van der Waals surface area contributed by atoms with E-state index < -0.39 is 35.1 Å².